The van der Waals surface area contributed by atoms with Gasteiger partial charge in [-0.25, -0.2) is 0 Å². The molecular weight excluding hydrogens is 336 g/mol. The standard InChI is InChI=1S/C18H28N4O4/c1-20(2)18(24)12-25-11-13-8-15-16(9-13)26-7-6-22(15)17(23)10-14-4-5-21(3)19-14/h4-5,13,15-16H,6-12H2,1-3H3/t13-,15+,16+/m0/s1. The summed E-state index contributed by atoms with van der Waals surface area (Å²) in [5.74, 6) is 0.374. The van der Waals surface area contributed by atoms with Crippen LogP contribution in [-0.2, 0) is 32.5 Å². The molecule has 0 unspecified atom stereocenters. The number of carbonyl (C=O) groups excluding carboxylic acids is 2. The van der Waals surface area contributed by atoms with Crippen molar-refractivity contribution in [3.05, 3.63) is 18.0 Å². The molecule has 1 aliphatic carbocycles. The van der Waals surface area contributed by atoms with E-state index in [2.05, 4.69) is 5.10 Å². The number of hydrogen-bond donors (Lipinski definition) is 0. The monoisotopic (exact) mass is 364 g/mol. The highest BCUT2D eigenvalue weighted by Crippen LogP contribution is 2.34. The maximum atomic E-state index is 12.7. The van der Waals surface area contributed by atoms with Crippen molar-refractivity contribution in [3.63, 3.8) is 0 Å². The van der Waals surface area contributed by atoms with E-state index in [0.717, 1.165) is 18.5 Å². The lowest BCUT2D eigenvalue weighted by Gasteiger charge is -2.37. The second kappa shape index (κ2) is 8.18. The van der Waals surface area contributed by atoms with Crippen molar-refractivity contribution in [3.8, 4) is 0 Å². The van der Waals surface area contributed by atoms with Crippen molar-refractivity contribution in [1.82, 2.24) is 19.6 Å². The zero-order valence-corrected chi connectivity index (χ0v) is 15.8. The van der Waals surface area contributed by atoms with Gasteiger partial charge in [-0.2, -0.15) is 5.10 Å². The third kappa shape index (κ3) is 4.42. The third-order valence-electron chi connectivity index (χ3n) is 5.13. The molecule has 26 heavy (non-hydrogen) atoms. The van der Waals surface area contributed by atoms with E-state index in [0.29, 0.717) is 32.1 Å². The summed E-state index contributed by atoms with van der Waals surface area (Å²) >= 11 is 0. The molecule has 2 aliphatic rings. The molecule has 8 nitrogen and oxygen atoms in total. The molecular formula is C18H28N4O4. The van der Waals surface area contributed by atoms with Gasteiger partial charge in [-0.05, 0) is 24.8 Å². The summed E-state index contributed by atoms with van der Waals surface area (Å²) in [6, 6.07) is 1.97. The van der Waals surface area contributed by atoms with Crippen molar-refractivity contribution in [2.75, 3.05) is 40.5 Å². The number of likely N-dealkylation sites (N-methyl/N-ethyl adjacent to an activating group) is 1. The van der Waals surface area contributed by atoms with Crippen molar-refractivity contribution in [2.24, 2.45) is 13.0 Å². The van der Waals surface area contributed by atoms with Gasteiger partial charge < -0.3 is 19.3 Å². The molecule has 3 rings (SSSR count). The first-order valence-electron chi connectivity index (χ1n) is 9.11. The minimum Gasteiger partial charge on any atom is -0.374 e. The van der Waals surface area contributed by atoms with Crippen molar-refractivity contribution < 1.29 is 19.1 Å². The zero-order valence-electron chi connectivity index (χ0n) is 15.8. The van der Waals surface area contributed by atoms with Crippen molar-refractivity contribution in [2.45, 2.75) is 31.4 Å². The first kappa shape index (κ1) is 18.8. The van der Waals surface area contributed by atoms with Crippen LogP contribution < -0.4 is 0 Å². The smallest absolute Gasteiger partial charge is 0.248 e. The van der Waals surface area contributed by atoms with Gasteiger partial charge in [0.2, 0.25) is 11.8 Å². The minimum atomic E-state index is -0.0381. The molecule has 1 saturated heterocycles. The number of aryl methyl sites for hydroxylation is 1. The molecule has 144 valence electrons. The fourth-order valence-electron chi connectivity index (χ4n) is 3.75. The molecule has 0 radical (unpaired) electrons. The summed E-state index contributed by atoms with van der Waals surface area (Å²) in [5.41, 5.74) is 0.792. The van der Waals surface area contributed by atoms with Crippen LogP contribution in [0, 0.1) is 5.92 Å². The van der Waals surface area contributed by atoms with Gasteiger partial charge in [-0.3, -0.25) is 14.3 Å². The van der Waals surface area contributed by atoms with E-state index < -0.39 is 0 Å². The number of rotatable bonds is 6. The topological polar surface area (TPSA) is 76.9 Å². The number of morpholine rings is 1. The summed E-state index contributed by atoms with van der Waals surface area (Å²) in [4.78, 5) is 27.8. The Bertz CT molecular complexity index is 645. The fraction of sp³-hybridized carbons (Fsp3) is 0.722. The number of hydrogen-bond acceptors (Lipinski definition) is 5. The van der Waals surface area contributed by atoms with Gasteiger partial charge in [-0.1, -0.05) is 0 Å². The highest BCUT2D eigenvalue weighted by atomic mass is 16.5. The molecule has 2 fully saturated rings. The normalized spacial score (nSPS) is 25.2. The molecule has 0 bridgehead atoms. The lowest BCUT2D eigenvalue weighted by molar-refractivity contribution is -0.143. The molecule has 0 N–H and O–H groups in total. The van der Waals surface area contributed by atoms with E-state index >= 15 is 0 Å². The van der Waals surface area contributed by atoms with E-state index in [1.165, 1.54) is 4.90 Å². The maximum Gasteiger partial charge on any atom is 0.248 e. The highest BCUT2D eigenvalue weighted by Gasteiger charge is 2.42. The lowest BCUT2D eigenvalue weighted by Crippen LogP contribution is -2.51. The molecule has 3 atom stereocenters. The predicted octanol–water partition coefficient (Wildman–Crippen LogP) is 0.0734. The summed E-state index contributed by atoms with van der Waals surface area (Å²) in [6.07, 6.45) is 3.96. The highest BCUT2D eigenvalue weighted by molar-refractivity contribution is 5.79. The van der Waals surface area contributed by atoms with Crippen LogP contribution in [0.15, 0.2) is 12.3 Å². The van der Waals surface area contributed by atoms with Crippen LogP contribution in [0.3, 0.4) is 0 Å². The minimum absolute atomic E-state index is 0.0381. The van der Waals surface area contributed by atoms with Gasteiger partial charge in [0, 0.05) is 33.9 Å². The van der Waals surface area contributed by atoms with Crippen LogP contribution in [0.1, 0.15) is 18.5 Å². The summed E-state index contributed by atoms with van der Waals surface area (Å²) in [7, 11) is 5.28. The summed E-state index contributed by atoms with van der Waals surface area (Å²) in [6.45, 7) is 1.82. The molecule has 8 heteroatoms. The molecule has 0 aromatic carbocycles. The fourth-order valence-corrected chi connectivity index (χ4v) is 3.75. The molecule has 1 aromatic heterocycles. The molecule has 1 saturated carbocycles. The van der Waals surface area contributed by atoms with E-state index in [1.54, 1.807) is 18.8 Å². The van der Waals surface area contributed by atoms with Crippen LogP contribution in [0.4, 0.5) is 0 Å². The zero-order chi connectivity index (χ0) is 18.7. The second-order valence-corrected chi connectivity index (χ2v) is 7.36. The second-order valence-electron chi connectivity index (χ2n) is 7.36. The Morgan fingerprint density at radius 1 is 1.38 bits per heavy atom. The summed E-state index contributed by atoms with van der Waals surface area (Å²) < 4.78 is 13.2. The van der Waals surface area contributed by atoms with Gasteiger partial charge in [-0.15, -0.1) is 0 Å². The number of carbonyl (C=O) groups is 2. The molecule has 1 aliphatic heterocycles. The van der Waals surface area contributed by atoms with Gasteiger partial charge in [0.1, 0.15) is 6.61 Å². The molecule has 2 amide bonds. The van der Waals surface area contributed by atoms with Gasteiger partial charge in [0.05, 0.1) is 37.5 Å². The van der Waals surface area contributed by atoms with Gasteiger partial charge >= 0.3 is 0 Å². The van der Waals surface area contributed by atoms with Crippen LogP contribution in [0.2, 0.25) is 0 Å². The van der Waals surface area contributed by atoms with E-state index in [1.807, 2.05) is 24.2 Å². The first-order chi connectivity index (χ1) is 12.4. The average molecular weight is 364 g/mol. The Balaban J connectivity index is 1.52. The third-order valence-corrected chi connectivity index (χ3v) is 5.13. The predicted molar refractivity (Wildman–Crippen MR) is 94.4 cm³/mol. The van der Waals surface area contributed by atoms with E-state index in [4.69, 9.17) is 9.47 Å². The number of nitrogens with zero attached hydrogens (tertiary/aromatic N) is 4. The van der Waals surface area contributed by atoms with E-state index in [-0.39, 0.29) is 30.6 Å². The van der Waals surface area contributed by atoms with Crippen molar-refractivity contribution in [1.29, 1.82) is 0 Å². The lowest BCUT2D eigenvalue weighted by atomic mass is 10.1. The number of amides is 2. The molecule has 2 heterocycles. The van der Waals surface area contributed by atoms with Gasteiger partial charge in [0.15, 0.2) is 0 Å². The largest absolute Gasteiger partial charge is 0.374 e. The van der Waals surface area contributed by atoms with Gasteiger partial charge in [0.25, 0.3) is 0 Å². The Morgan fingerprint density at radius 2 is 2.19 bits per heavy atom. The molecule has 0 spiro atoms. The quantitative estimate of drug-likeness (QED) is 0.714. The Morgan fingerprint density at radius 3 is 2.88 bits per heavy atom. The SMILES string of the molecule is CN(C)C(=O)COC[C@H]1C[C@@H]2[C@@H](C1)OCCN2C(=O)Cc1ccn(C)n1. The summed E-state index contributed by atoms with van der Waals surface area (Å²) in [5, 5.41) is 4.30. The number of fused-ring (bicyclic) bond motifs is 1. The van der Waals surface area contributed by atoms with Crippen LogP contribution >= 0.6 is 0 Å². The number of ether oxygens (including phenoxy) is 2. The molecule has 1 aromatic rings. The van der Waals surface area contributed by atoms with Crippen LogP contribution in [-0.4, -0.2) is 84.0 Å². The maximum absolute atomic E-state index is 12.7. The Hall–Kier alpha value is -1.93. The number of aromatic nitrogens is 2. The average Bonchev–Trinajstić information content (AvgIpc) is 3.19. The van der Waals surface area contributed by atoms with E-state index in [9.17, 15) is 9.59 Å². The van der Waals surface area contributed by atoms with Crippen LogP contribution in [0.5, 0.6) is 0 Å². The van der Waals surface area contributed by atoms with Crippen molar-refractivity contribution >= 4 is 11.8 Å². The first-order valence-corrected chi connectivity index (χ1v) is 9.11. The Labute approximate surface area is 154 Å². The Kier molecular flexibility index (Phi) is 5.93. The van der Waals surface area contributed by atoms with Crippen LogP contribution in [0.25, 0.3) is 0 Å².